The zero-order chi connectivity index (χ0) is 17.1. The number of carbonyl (C=O) groups excluding carboxylic acids is 1. The predicted molar refractivity (Wildman–Crippen MR) is 92.3 cm³/mol. The van der Waals surface area contributed by atoms with Crippen LogP contribution in [0.5, 0.6) is 5.75 Å². The zero-order valence-electron chi connectivity index (χ0n) is 13.7. The normalized spacial score (nSPS) is 10.8. The molecule has 0 amide bonds. The van der Waals surface area contributed by atoms with Gasteiger partial charge in [-0.25, -0.2) is 4.39 Å². The molecule has 24 heavy (non-hydrogen) atoms. The SMILES string of the molecule is CCc1cc(C=O)c(OC)c2ncc(Cc3ccc(F)cc3)cc12. The third-order valence-corrected chi connectivity index (χ3v) is 4.13. The Morgan fingerprint density at radius 1 is 1.17 bits per heavy atom. The lowest BCUT2D eigenvalue weighted by molar-refractivity contribution is 0.112. The van der Waals surface area contributed by atoms with E-state index in [9.17, 15) is 9.18 Å². The minimum atomic E-state index is -0.241. The summed E-state index contributed by atoms with van der Waals surface area (Å²) in [6.45, 7) is 2.04. The molecule has 0 saturated carbocycles. The number of hydrogen-bond donors (Lipinski definition) is 0. The van der Waals surface area contributed by atoms with E-state index in [-0.39, 0.29) is 5.82 Å². The number of rotatable bonds is 5. The van der Waals surface area contributed by atoms with Crippen LogP contribution in [-0.4, -0.2) is 18.4 Å². The molecule has 0 aliphatic carbocycles. The van der Waals surface area contributed by atoms with Gasteiger partial charge in [0, 0.05) is 11.6 Å². The molecule has 4 heteroatoms. The topological polar surface area (TPSA) is 39.2 Å². The number of pyridine rings is 1. The van der Waals surface area contributed by atoms with Crippen molar-refractivity contribution in [3.63, 3.8) is 0 Å². The van der Waals surface area contributed by atoms with Crippen LogP contribution >= 0.6 is 0 Å². The van der Waals surface area contributed by atoms with Crippen molar-refractivity contribution in [1.29, 1.82) is 0 Å². The van der Waals surface area contributed by atoms with Crippen molar-refractivity contribution in [3.8, 4) is 5.75 Å². The highest BCUT2D eigenvalue weighted by atomic mass is 19.1. The van der Waals surface area contributed by atoms with E-state index >= 15 is 0 Å². The summed E-state index contributed by atoms with van der Waals surface area (Å²) in [6, 6.07) is 10.4. The minimum absolute atomic E-state index is 0.241. The van der Waals surface area contributed by atoms with Crippen LogP contribution in [0.25, 0.3) is 10.9 Å². The second-order valence-corrected chi connectivity index (χ2v) is 5.67. The lowest BCUT2D eigenvalue weighted by atomic mass is 9.98. The van der Waals surface area contributed by atoms with Gasteiger partial charge < -0.3 is 4.74 Å². The molecule has 3 nitrogen and oxygen atoms in total. The number of aryl methyl sites for hydroxylation is 1. The third-order valence-electron chi connectivity index (χ3n) is 4.13. The maximum absolute atomic E-state index is 13.0. The smallest absolute Gasteiger partial charge is 0.155 e. The first kappa shape index (κ1) is 16.1. The fourth-order valence-corrected chi connectivity index (χ4v) is 2.93. The van der Waals surface area contributed by atoms with E-state index in [0.717, 1.165) is 34.8 Å². The van der Waals surface area contributed by atoms with Crippen LogP contribution in [0, 0.1) is 5.82 Å². The monoisotopic (exact) mass is 323 g/mol. The van der Waals surface area contributed by atoms with E-state index in [1.807, 2.05) is 13.0 Å². The quantitative estimate of drug-likeness (QED) is 0.655. The van der Waals surface area contributed by atoms with Crippen LogP contribution in [-0.2, 0) is 12.8 Å². The molecule has 122 valence electrons. The van der Waals surface area contributed by atoms with Crippen molar-refractivity contribution in [2.45, 2.75) is 19.8 Å². The molecule has 0 unspecified atom stereocenters. The molecular weight excluding hydrogens is 305 g/mol. The number of hydrogen-bond acceptors (Lipinski definition) is 3. The number of carbonyl (C=O) groups is 1. The van der Waals surface area contributed by atoms with Gasteiger partial charge in [0.1, 0.15) is 11.3 Å². The van der Waals surface area contributed by atoms with E-state index in [2.05, 4.69) is 11.1 Å². The third kappa shape index (κ3) is 3.00. The molecule has 0 fully saturated rings. The molecule has 0 spiro atoms. The van der Waals surface area contributed by atoms with Gasteiger partial charge in [-0.1, -0.05) is 19.1 Å². The Kier molecular flexibility index (Phi) is 4.56. The van der Waals surface area contributed by atoms with Gasteiger partial charge in [0.2, 0.25) is 0 Å². The first-order valence-corrected chi connectivity index (χ1v) is 7.84. The van der Waals surface area contributed by atoms with Crippen LogP contribution in [0.1, 0.15) is 34.0 Å². The molecule has 0 aliphatic rings. The number of nitrogens with zero attached hydrogens (tertiary/aromatic N) is 1. The summed E-state index contributed by atoms with van der Waals surface area (Å²) in [7, 11) is 1.54. The molecule has 0 N–H and O–H groups in total. The Hall–Kier alpha value is -2.75. The largest absolute Gasteiger partial charge is 0.494 e. The summed E-state index contributed by atoms with van der Waals surface area (Å²) in [5.41, 5.74) is 4.32. The van der Waals surface area contributed by atoms with Crippen LogP contribution in [0.2, 0.25) is 0 Å². The fourth-order valence-electron chi connectivity index (χ4n) is 2.93. The van der Waals surface area contributed by atoms with Crippen molar-refractivity contribution < 1.29 is 13.9 Å². The molecular formula is C20H18FNO2. The number of ether oxygens (including phenoxy) is 1. The van der Waals surface area contributed by atoms with Crippen LogP contribution < -0.4 is 4.74 Å². The van der Waals surface area contributed by atoms with Crippen LogP contribution in [0.15, 0.2) is 42.6 Å². The van der Waals surface area contributed by atoms with E-state index in [4.69, 9.17) is 4.74 Å². The number of halogens is 1. The molecule has 0 radical (unpaired) electrons. The summed E-state index contributed by atoms with van der Waals surface area (Å²) in [6.07, 6.45) is 4.04. The van der Waals surface area contributed by atoms with Crippen molar-refractivity contribution in [3.05, 3.63) is 70.7 Å². The number of fused-ring (bicyclic) bond motifs is 1. The fraction of sp³-hybridized carbons (Fsp3) is 0.200. The Morgan fingerprint density at radius 2 is 1.92 bits per heavy atom. The summed E-state index contributed by atoms with van der Waals surface area (Å²) in [4.78, 5) is 15.8. The maximum Gasteiger partial charge on any atom is 0.155 e. The molecule has 0 aliphatic heterocycles. The average Bonchev–Trinajstić information content (AvgIpc) is 2.62. The van der Waals surface area contributed by atoms with Gasteiger partial charge in [-0.15, -0.1) is 0 Å². The standard InChI is InChI=1S/C20H18FNO2/c1-3-15-10-16(12-23)20(24-2)19-18(15)9-14(11-22-19)8-13-4-6-17(21)7-5-13/h4-7,9-12H,3,8H2,1-2H3. The van der Waals surface area contributed by atoms with E-state index < -0.39 is 0 Å². The van der Waals surface area contributed by atoms with E-state index in [1.54, 1.807) is 25.4 Å². The Labute approximate surface area is 140 Å². The van der Waals surface area contributed by atoms with Crippen LogP contribution in [0.3, 0.4) is 0 Å². The maximum atomic E-state index is 13.0. The van der Waals surface area contributed by atoms with E-state index in [0.29, 0.717) is 23.3 Å². The van der Waals surface area contributed by atoms with Crippen molar-refractivity contribution >= 4 is 17.2 Å². The molecule has 0 atom stereocenters. The Bertz CT molecular complexity index is 888. The van der Waals surface area contributed by atoms with Gasteiger partial charge in [0.05, 0.1) is 12.7 Å². The molecule has 1 aromatic heterocycles. The van der Waals surface area contributed by atoms with E-state index in [1.165, 1.54) is 12.1 Å². The number of aldehydes is 1. The highest BCUT2D eigenvalue weighted by Gasteiger charge is 2.13. The lowest BCUT2D eigenvalue weighted by Gasteiger charge is -2.12. The molecule has 1 heterocycles. The first-order valence-electron chi connectivity index (χ1n) is 7.84. The van der Waals surface area contributed by atoms with Crippen molar-refractivity contribution in [2.75, 3.05) is 7.11 Å². The van der Waals surface area contributed by atoms with Crippen LogP contribution in [0.4, 0.5) is 4.39 Å². The second kappa shape index (κ2) is 6.79. The predicted octanol–water partition coefficient (Wildman–Crippen LogP) is 4.35. The highest BCUT2D eigenvalue weighted by Crippen LogP contribution is 2.31. The lowest BCUT2D eigenvalue weighted by Crippen LogP contribution is -1.99. The average molecular weight is 323 g/mol. The summed E-state index contributed by atoms with van der Waals surface area (Å²) >= 11 is 0. The first-order chi connectivity index (χ1) is 11.7. The summed E-state index contributed by atoms with van der Waals surface area (Å²) < 4.78 is 18.4. The molecule has 3 rings (SSSR count). The van der Waals surface area contributed by atoms with Gasteiger partial charge in [-0.3, -0.25) is 9.78 Å². The minimum Gasteiger partial charge on any atom is -0.494 e. The van der Waals surface area contributed by atoms with Gasteiger partial charge >= 0.3 is 0 Å². The van der Waals surface area contributed by atoms with Crippen molar-refractivity contribution in [2.24, 2.45) is 0 Å². The van der Waals surface area contributed by atoms with Gasteiger partial charge in [-0.05, 0) is 53.8 Å². The second-order valence-electron chi connectivity index (χ2n) is 5.67. The molecule has 0 saturated heterocycles. The van der Waals surface area contributed by atoms with Gasteiger partial charge in [0.25, 0.3) is 0 Å². The Balaban J connectivity index is 2.09. The van der Waals surface area contributed by atoms with Crippen molar-refractivity contribution in [1.82, 2.24) is 4.98 Å². The van der Waals surface area contributed by atoms with Gasteiger partial charge in [0.15, 0.2) is 12.0 Å². The number of methoxy groups -OCH3 is 1. The molecule has 0 bridgehead atoms. The number of aromatic nitrogens is 1. The van der Waals surface area contributed by atoms with Gasteiger partial charge in [-0.2, -0.15) is 0 Å². The summed E-state index contributed by atoms with van der Waals surface area (Å²) in [5.74, 6) is 0.264. The zero-order valence-corrected chi connectivity index (χ0v) is 13.7. The summed E-state index contributed by atoms with van der Waals surface area (Å²) in [5, 5.41) is 0.986. The molecule has 2 aromatic carbocycles. The molecule has 3 aromatic rings. The number of benzene rings is 2. The Morgan fingerprint density at radius 3 is 2.54 bits per heavy atom. The highest BCUT2D eigenvalue weighted by molar-refractivity contribution is 5.96.